The van der Waals surface area contributed by atoms with Crippen LogP contribution in [-0.2, 0) is 6.54 Å². The van der Waals surface area contributed by atoms with Crippen LogP contribution in [-0.4, -0.2) is 37.0 Å². The Balaban J connectivity index is 1.84. The zero-order chi connectivity index (χ0) is 13.9. The second kappa shape index (κ2) is 5.72. The lowest BCUT2D eigenvalue weighted by atomic mass is 9.75. The van der Waals surface area contributed by atoms with E-state index in [2.05, 4.69) is 24.3 Å². The molecule has 1 aliphatic rings. The van der Waals surface area contributed by atoms with Crippen molar-refractivity contribution in [3.8, 4) is 0 Å². The van der Waals surface area contributed by atoms with Crippen LogP contribution in [0.5, 0.6) is 0 Å². The molecule has 0 spiro atoms. The van der Waals surface area contributed by atoms with Crippen molar-refractivity contribution in [2.24, 2.45) is 5.73 Å². The second-order valence-electron chi connectivity index (χ2n) is 5.64. The van der Waals surface area contributed by atoms with Crippen LogP contribution >= 0.6 is 0 Å². The molecule has 0 aromatic heterocycles. The molecular formula is C15H23N3O. The van der Waals surface area contributed by atoms with Crippen LogP contribution in [0.3, 0.4) is 0 Å². The van der Waals surface area contributed by atoms with Crippen LogP contribution in [0.25, 0.3) is 0 Å². The summed E-state index contributed by atoms with van der Waals surface area (Å²) in [6.07, 6.45) is 3.87. The largest absolute Gasteiger partial charge is 0.366 e. The summed E-state index contributed by atoms with van der Waals surface area (Å²) in [6, 6.07) is 7.47. The molecule has 2 rings (SSSR count). The Morgan fingerprint density at radius 1 is 1.32 bits per heavy atom. The number of nitrogens with two attached hydrogens (primary N) is 1. The summed E-state index contributed by atoms with van der Waals surface area (Å²) in [4.78, 5) is 13.3. The number of carbonyl (C=O) groups excluding carboxylic acids is 1. The third-order valence-electron chi connectivity index (χ3n) is 4.25. The van der Waals surface area contributed by atoms with Gasteiger partial charge in [-0.25, -0.2) is 0 Å². The average Bonchev–Trinajstić information content (AvgIpc) is 2.32. The summed E-state index contributed by atoms with van der Waals surface area (Å²) in [5.41, 5.74) is 7.30. The van der Waals surface area contributed by atoms with E-state index < -0.39 is 0 Å². The number of amides is 1. The molecule has 19 heavy (non-hydrogen) atoms. The number of carbonyl (C=O) groups is 1. The molecule has 0 radical (unpaired) electrons. The van der Waals surface area contributed by atoms with E-state index in [4.69, 9.17) is 5.73 Å². The molecular weight excluding hydrogens is 238 g/mol. The Hall–Kier alpha value is -1.39. The number of benzene rings is 1. The van der Waals surface area contributed by atoms with Gasteiger partial charge in [0.25, 0.3) is 0 Å². The molecule has 3 N–H and O–H groups in total. The van der Waals surface area contributed by atoms with Crippen LogP contribution in [0.15, 0.2) is 24.3 Å². The van der Waals surface area contributed by atoms with Gasteiger partial charge in [-0.15, -0.1) is 0 Å². The van der Waals surface area contributed by atoms with E-state index in [1.54, 1.807) is 12.1 Å². The zero-order valence-electron chi connectivity index (χ0n) is 11.8. The third-order valence-corrected chi connectivity index (χ3v) is 4.25. The molecule has 1 aromatic rings. The van der Waals surface area contributed by atoms with Gasteiger partial charge in [0.15, 0.2) is 0 Å². The second-order valence-corrected chi connectivity index (χ2v) is 5.64. The van der Waals surface area contributed by atoms with Gasteiger partial charge in [0.1, 0.15) is 0 Å². The number of nitrogens with zero attached hydrogens (tertiary/aromatic N) is 1. The first-order valence-electron chi connectivity index (χ1n) is 6.80. The molecule has 1 fully saturated rings. The number of likely N-dealkylation sites (N-methyl/N-ethyl adjacent to an activating group) is 1. The van der Waals surface area contributed by atoms with Gasteiger partial charge in [0.05, 0.1) is 0 Å². The fourth-order valence-corrected chi connectivity index (χ4v) is 2.59. The molecule has 4 heteroatoms. The summed E-state index contributed by atoms with van der Waals surface area (Å²) < 4.78 is 0. The maximum Gasteiger partial charge on any atom is 0.248 e. The Labute approximate surface area is 115 Å². The summed E-state index contributed by atoms with van der Waals surface area (Å²) in [5, 5.41) is 3.52. The van der Waals surface area contributed by atoms with Crippen molar-refractivity contribution in [2.45, 2.75) is 31.3 Å². The monoisotopic (exact) mass is 261 g/mol. The Morgan fingerprint density at radius 2 is 1.95 bits per heavy atom. The molecule has 1 saturated carbocycles. The van der Waals surface area contributed by atoms with Crippen molar-refractivity contribution in [3.05, 3.63) is 35.4 Å². The maximum absolute atomic E-state index is 11.0. The normalized spacial score (nSPS) is 17.2. The quantitative estimate of drug-likeness (QED) is 0.813. The Morgan fingerprint density at radius 3 is 2.37 bits per heavy atom. The molecule has 0 saturated heterocycles. The fraction of sp³-hybridized carbons (Fsp3) is 0.533. The molecule has 1 amide bonds. The van der Waals surface area contributed by atoms with E-state index >= 15 is 0 Å². The maximum atomic E-state index is 11.0. The Bertz CT molecular complexity index is 435. The predicted octanol–water partition coefficient (Wildman–Crippen LogP) is 1.36. The summed E-state index contributed by atoms with van der Waals surface area (Å²) in [5.74, 6) is -0.375. The van der Waals surface area contributed by atoms with E-state index in [1.807, 2.05) is 12.1 Å². The van der Waals surface area contributed by atoms with Crippen LogP contribution in [0.1, 0.15) is 35.2 Å². The van der Waals surface area contributed by atoms with Crippen molar-refractivity contribution < 1.29 is 4.79 Å². The molecule has 4 nitrogen and oxygen atoms in total. The fourth-order valence-electron chi connectivity index (χ4n) is 2.59. The van der Waals surface area contributed by atoms with Crippen molar-refractivity contribution in [3.63, 3.8) is 0 Å². The smallest absolute Gasteiger partial charge is 0.248 e. The highest BCUT2D eigenvalue weighted by atomic mass is 16.1. The molecule has 0 bridgehead atoms. The van der Waals surface area contributed by atoms with Crippen LogP contribution in [0.2, 0.25) is 0 Å². The van der Waals surface area contributed by atoms with Gasteiger partial charge >= 0.3 is 0 Å². The SMILES string of the molecule is CN(C)C1(CNCc2ccc(C(N)=O)cc2)CCC1. The topological polar surface area (TPSA) is 58.4 Å². The third kappa shape index (κ3) is 3.14. The average molecular weight is 261 g/mol. The number of primary amides is 1. The summed E-state index contributed by atoms with van der Waals surface area (Å²) >= 11 is 0. The summed E-state index contributed by atoms with van der Waals surface area (Å²) in [7, 11) is 4.31. The van der Waals surface area contributed by atoms with Crippen LogP contribution in [0, 0.1) is 0 Å². The minimum atomic E-state index is -0.375. The zero-order valence-corrected chi connectivity index (χ0v) is 11.8. The lowest BCUT2D eigenvalue weighted by molar-refractivity contribution is 0.0598. The molecule has 104 valence electrons. The van der Waals surface area contributed by atoms with Gasteiger partial charge in [-0.2, -0.15) is 0 Å². The van der Waals surface area contributed by atoms with E-state index in [0.717, 1.165) is 13.1 Å². The lowest BCUT2D eigenvalue weighted by Gasteiger charge is -2.47. The van der Waals surface area contributed by atoms with Crippen molar-refractivity contribution in [2.75, 3.05) is 20.6 Å². The van der Waals surface area contributed by atoms with Gasteiger partial charge in [0, 0.05) is 24.2 Å². The standard InChI is InChI=1S/C15H23N3O/c1-18(2)15(8-3-9-15)11-17-10-12-4-6-13(7-5-12)14(16)19/h4-7,17H,3,8-11H2,1-2H3,(H2,16,19). The van der Waals surface area contributed by atoms with E-state index in [0.29, 0.717) is 11.1 Å². The molecule has 0 aliphatic heterocycles. The molecule has 1 aliphatic carbocycles. The van der Waals surface area contributed by atoms with Crippen LogP contribution in [0.4, 0.5) is 0 Å². The van der Waals surface area contributed by atoms with Crippen molar-refractivity contribution in [1.29, 1.82) is 0 Å². The van der Waals surface area contributed by atoms with E-state index in [1.165, 1.54) is 24.8 Å². The van der Waals surface area contributed by atoms with Crippen molar-refractivity contribution >= 4 is 5.91 Å². The van der Waals surface area contributed by atoms with Gasteiger partial charge in [-0.3, -0.25) is 4.79 Å². The predicted molar refractivity (Wildman–Crippen MR) is 76.9 cm³/mol. The van der Waals surface area contributed by atoms with Gasteiger partial charge in [0.2, 0.25) is 5.91 Å². The first-order chi connectivity index (χ1) is 9.03. The number of nitrogens with one attached hydrogen (secondary N) is 1. The van der Waals surface area contributed by atoms with E-state index in [9.17, 15) is 4.79 Å². The molecule has 0 heterocycles. The van der Waals surface area contributed by atoms with Crippen molar-refractivity contribution in [1.82, 2.24) is 10.2 Å². The minimum absolute atomic E-state index is 0.340. The minimum Gasteiger partial charge on any atom is -0.366 e. The molecule has 1 aromatic carbocycles. The first-order valence-corrected chi connectivity index (χ1v) is 6.80. The highest BCUT2D eigenvalue weighted by Gasteiger charge is 2.38. The number of rotatable bonds is 6. The summed E-state index contributed by atoms with van der Waals surface area (Å²) in [6.45, 7) is 1.84. The highest BCUT2D eigenvalue weighted by Crippen LogP contribution is 2.35. The van der Waals surface area contributed by atoms with E-state index in [-0.39, 0.29) is 5.91 Å². The van der Waals surface area contributed by atoms with Gasteiger partial charge < -0.3 is 16.0 Å². The Kier molecular flexibility index (Phi) is 4.22. The molecule has 0 unspecified atom stereocenters. The molecule has 0 atom stereocenters. The van der Waals surface area contributed by atoms with Gasteiger partial charge in [-0.05, 0) is 51.1 Å². The number of hydrogen-bond acceptors (Lipinski definition) is 3. The first kappa shape index (κ1) is 14.0. The highest BCUT2D eigenvalue weighted by molar-refractivity contribution is 5.92. The number of hydrogen-bond donors (Lipinski definition) is 2. The van der Waals surface area contributed by atoms with Gasteiger partial charge in [-0.1, -0.05) is 12.1 Å². The lowest BCUT2D eigenvalue weighted by Crippen LogP contribution is -2.56. The van der Waals surface area contributed by atoms with Crippen LogP contribution < -0.4 is 11.1 Å².